The Hall–Kier alpha value is -0.570. The van der Waals surface area contributed by atoms with Crippen molar-refractivity contribution in [3.8, 4) is 0 Å². The molecule has 0 atom stereocenters. The number of rotatable bonds is 7. The molecule has 0 aliphatic heterocycles. The van der Waals surface area contributed by atoms with Crippen LogP contribution in [0.15, 0.2) is 0 Å². The van der Waals surface area contributed by atoms with E-state index in [0.717, 1.165) is 6.42 Å². The fourth-order valence-electron chi connectivity index (χ4n) is 1.41. The van der Waals surface area contributed by atoms with Gasteiger partial charge in [0.05, 0.1) is 5.60 Å². The molecule has 0 unspecified atom stereocenters. The van der Waals surface area contributed by atoms with Gasteiger partial charge in [0.2, 0.25) is 5.91 Å². The molecule has 0 fully saturated rings. The summed E-state index contributed by atoms with van der Waals surface area (Å²) in [5, 5.41) is 2.91. The van der Waals surface area contributed by atoms with Crippen LogP contribution in [0.2, 0.25) is 0 Å². The summed E-state index contributed by atoms with van der Waals surface area (Å²) >= 11 is 0. The molecule has 0 rings (SSSR count). The van der Waals surface area contributed by atoms with Crippen molar-refractivity contribution in [3.63, 3.8) is 0 Å². The average Bonchev–Trinajstić information content (AvgIpc) is 2.01. The molecular weight excluding hydrogens is 190 g/mol. The zero-order valence-electron chi connectivity index (χ0n) is 10.7. The Bertz CT molecular complexity index is 188. The van der Waals surface area contributed by atoms with Gasteiger partial charge in [-0.25, -0.2) is 0 Å². The number of carbonyl (C=O) groups is 1. The Morgan fingerprint density at radius 3 is 2.47 bits per heavy atom. The van der Waals surface area contributed by atoms with E-state index in [1.54, 1.807) is 0 Å². The summed E-state index contributed by atoms with van der Waals surface area (Å²) in [4.78, 5) is 11.3. The quantitative estimate of drug-likeness (QED) is 0.708. The average molecular weight is 215 g/mol. The van der Waals surface area contributed by atoms with E-state index in [1.807, 2.05) is 34.6 Å². The Labute approximate surface area is 93.6 Å². The first-order valence-corrected chi connectivity index (χ1v) is 5.78. The molecule has 0 aromatic rings. The Morgan fingerprint density at radius 1 is 1.40 bits per heavy atom. The molecule has 0 saturated carbocycles. The lowest BCUT2D eigenvalue weighted by Gasteiger charge is -2.24. The topological polar surface area (TPSA) is 38.3 Å². The molecule has 0 aliphatic carbocycles. The molecule has 0 heterocycles. The molecule has 0 aromatic heterocycles. The van der Waals surface area contributed by atoms with Crippen molar-refractivity contribution in [1.29, 1.82) is 0 Å². The van der Waals surface area contributed by atoms with Crippen molar-refractivity contribution in [2.75, 3.05) is 13.2 Å². The van der Waals surface area contributed by atoms with Crippen LogP contribution in [0.4, 0.5) is 0 Å². The van der Waals surface area contributed by atoms with Crippen molar-refractivity contribution in [1.82, 2.24) is 5.32 Å². The second kappa shape index (κ2) is 6.83. The minimum atomic E-state index is -0.139. The normalized spacial score (nSPS) is 11.9. The highest BCUT2D eigenvalue weighted by atomic mass is 16.5. The predicted octanol–water partition coefficient (Wildman–Crippen LogP) is 2.35. The van der Waals surface area contributed by atoms with Crippen molar-refractivity contribution in [3.05, 3.63) is 0 Å². The van der Waals surface area contributed by atoms with Crippen LogP contribution in [0.1, 0.15) is 47.5 Å². The van der Waals surface area contributed by atoms with Gasteiger partial charge in [0, 0.05) is 19.6 Å². The number of hydrogen-bond acceptors (Lipinski definition) is 2. The van der Waals surface area contributed by atoms with Crippen LogP contribution in [-0.2, 0) is 9.53 Å². The van der Waals surface area contributed by atoms with Gasteiger partial charge >= 0.3 is 0 Å². The van der Waals surface area contributed by atoms with Crippen LogP contribution in [0.25, 0.3) is 0 Å². The number of nitrogens with one attached hydrogen (secondary N) is 1. The zero-order chi connectivity index (χ0) is 11.9. The summed E-state index contributed by atoms with van der Waals surface area (Å²) in [6, 6.07) is 0. The van der Waals surface area contributed by atoms with Crippen LogP contribution in [0, 0.1) is 5.92 Å². The van der Waals surface area contributed by atoms with E-state index >= 15 is 0 Å². The third-order valence-electron chi connectivity index (χ3n) is 2.18. The van der Waals surface area contributed by atoms with Gasteiger partial charge < -0.3 is 10.1 Å². The number of carbonyl (C=O) groups excluding carboxylic acids is 1. The van der Waals surface area contributed by atoms with Gasteiger partial charge in [0.25, 0.3) is 0 Å². The number of ether oxygens (including phenoxy) is 1. The van der Waals surface area contributed by atoms with Gasteiger partial charge in [-0.2, -0.15) is 0 Å². The highest BCUT2D eigenvalue weighted by Crippen LogP contribution is 2.13. The molecule has 0 aliphatic rings. The molecule has 1 amide bonds. The van der Waals surface area contributed by atoms with E-state index in [9.17, 15) is 4.79 Å². The molecule has 3 heteroatoms. The monoisotopic (exact) mass is 215 g/mol. The van der Waals surface area contributed by atoms with Gasteiger partial charge in [-0.3, -0.25) is 4.79 Å². The second-order valence-electron chi connectivity index (χ2n) is 4.89. The summed E-state index contributed by atoms with van der Waals surface area (Å²) in [5.74, 6) is 0.558. The lowest BCUT2D eigenvalue weighted by atomic mass is 10.1. The number of amides is 1. The van der Waals surface area contributed by atoms with Crippen LogP contribution < -0.4 is 5.32 Å². The lowest BCUT2D eigenvalue weighted by Crippen LogP contribution is -2.33. The van der Waals surface area contributed by atoms with Crippen molar-refractivity contribution >= 4 is 5.91 Å². The van der Waals surface area contributed by atoms with E-state index in [-0.39, 0.29) is 11.5 Å². The fourth-order valence-corrected chi connectivity index (χ4v) is 1.41. The third-order valence-corrected chi connectivity index (χ3v) is 2.18. The minimum absolute atomic E-state index is 0.136. The molecule has 0 bridgehead atoms. The molecule has 3 nitrogen and oxygen atoms in total. The molecule has 0 spiro atoms. The Kier molecular flexibility index (Phi) is 6.57. The summed E-state index contributed by atoms with van der Waals surface area (Å²) < 4.78 is 5.54. The summed E-state index contributed by atoms with van der Waals surface area (Å²) in [5.41, 5.74) is -0.139. The smallest absolute Gasteiger partial charge is 0.220 e. The van der Waals surface area contributed by atoms with Gasteiger partial charge in [-0.05, 0) is 33.1 Å². The van der Waals surface area contributed by atoms with Crippen LogP contribution in [0.5, 0.6) is 0 Å². The van der Waals surface area contributed by atoms with E-state index in [1.165, 1.54) is 0 Å². The second-order valence-corrected chi connectivity index (χ2v) is 4.89. The number of hydrogen-bond donors (Lipinski definition) is 1. The van der Waals surface area contributed by atoms with Gasteiger partial charge in [-0.15, -0.1) is 0 Å². The van der Waals surface area contributed by atoms with Crippen molar-refractivity contribution in [2.24, 2.45) is 5.92 Å². The highest BCUT2D eigenvalue weighted by molar-refractivity contribution is 5.75. The first kappa shape index (κ1) is 14.4. The standard InChI is InChI=1S/C12H25NO2/c1-6-15-12(4,5)7-8-13-11(14)9-10(2)3/h10H,6-9H2,1-5H3,(H,13,14). The Balaban J connectivity index is 3.65. The predicted molar refractivity (Wildman–Crippen MR) is 62.8 cm³/mol. The largest absolute Gasteiger partial charge is 0.376 e. The zero-order valence-corrected chi connectivity index (χ0v) is 10.7. The Morgan fingerprint density at radius 2 is 2.00 bits per heavy atom. The maximum atomic E-state index is 11.3. The van der Waals surface area contributed by atoms with Crippen LogP contribution in [-0.4, -0.2) is 24.7 Å². The minimum Gasteiger partial charge on any atom is -0.376 e. The molecule has 0 saturated heterocycles. The first-order chi connectivity index (χ1) is 6.87. The molecule has 0 aromatic carbocycles. The van der Waals surface area contributed by atoms with Crippen LogP contribution >= 0.6 is 0 Å². The van der Waals surface area contributed by atoms with Gasteiger partial charge in [0.1, 0.15) is 0 Å². The first-order valence-electron chi connectivity index (χ1n) is 5.78. The third kappa shape index (κ3) is 8.43. The highest BCUT2D eigenvalue weighted by Gasteiger charge is 2.17. The van der Waals surface area contributed by atoms with Crippen molar-refractivity contribution in [2.45, 2.75) is 53.1 Å². The fraction of sp³-hybridized carbons (Fsp3) is 0.917. The van der Waals surface area contributed by atoms with Crippen LogP contribution in [0.3, 0.4) is 0 Å². The van der Waals surface area contributed by atoms with Crippen molar-refractivity contribution < 1.29 is 9.53 Å². The summed E-state index contributed by atoms with van der Waals surface area (Å²) in [6.07, 6.45) is 1.46. The lowest BCUT2D eigenvalue weighted by molar-refractivity contribution is -0.122. The molecule has 1 N–H and O–H groups in total. The molecular formula is C12H25NO2. The van der Waals surface area contributed by atoms with Gasteiger partial charge in [0.15, 0.2) is 0 Å². The van der Waals surface area contributed by atoms with E-state index in [4.69, 9.17) is 4.74 Å². The molecule has 15 heavy (non-hydrogen) atoms. The van der Waals surface area contributed by atoms with E-state index in [2.05, 4.69) is 5.32 Å². The summed E-state index contributed by atoms with van der Waals surface area (Å²) in [7, 11) is 0. The maximum absolute atomic E-state index is 11.3. The van der Waals surface area contributed by atoms with Gasteiger partial charge in [-0.1, -0.05) is 13.8 Å². The maximum Gasteiger partial charge on any atom is 0.220 e. The van der Waals surface area contributed by atoms with E-state index in [0.29, 0.717) is 25.5 Å². The summed E-state index contributed by atoms with van der Waals surface area (Å²) in [6.45, 7) is 11.6. The SMILES string of the molecule is CCOC(C)(C)CCNC(=O)CC(C)C. The molecule has 90 valence electrons. The molecule has 0 radical (unpaired) electrons. The van der Waals surface area contributed by atoms with E-state index < -0.39 is 0 Å².